The van der Waals surface area contributed by atoms with Gasteiger partial charge in [-0.25, -0.2) is 0 Å². The SMILES string of the molecule is C=CCOc1ccccc1NC(=O)C(C)Oc1cccc(C)c1. The highest BCUT2D eigenvalue weighted by molar-refractivity contribution is 5.95. The van der Waals surface area contributed by atoms with Crippen molar-refractivity contribution in [2.45, 2.75) is 20.0 Å². The molecule has 0 radical (unpaired) electrons. The molecule has 0 saturated carbocycles. The summed E-state index contributed by atoms with van der Waals surface area (Å²) in [5.74, 6) is 1.04. The fourth-order valence-electron chi connectivity index (χ4n) is 2.03. The first kappa shape index (κ1) is 16.6. The van der Waals surface area contributed by atoms with Crippen molar-refractivity contribution in [1.82, 2.24) is 0 Å². The molecule has 2 aromatic carbocycles. The van der Waals surface area contributed by atoms with Crippen LogP contribution in [-0.2, 0) is 4.79 Å². The molecule has 1 unspecified atom stereocenters. The number of nitrogens with one attached hydrogen (secondary N) is 1. The predicted molar refractivity (Wildman–Crippen MR) is 92.0 cm³/mol. The fourth-order valence-corrected chi connectivity index (χ4v) is 2.03. The largest absolute Gasteiger partial charge is 0.487 e. The highest BCUT2D eigenvalue weighted by Crippen LogP contribution is 2.24. The van der Waals surface area contributed by atoms with Gasteiger partial charge in [-0.2, -0.15) is 0 Å². The second-order valence-electron chi connectivity index (χ2n) is 5.16. The summed E-state index contributed by atoms with van der Waals surface area (Å²) >= 11 is 0. The van der Waals surface area contributed by atoms with Crippen LogP contribution in [0.1, 0.15) is 12.5 Å². The van der Waals surface area contributed by atoms with E-state index in [9.17, 15) is 4.79 Å². The van der Waals surface area contributed by atoms with Crippen LogP contribution in [0.15, 0.2) is 61.2 Å². The molecule has 2 aromatic rings. The molecule has 0 aliphatic rings. The van der Waals surface area contributed by atoms with Crippen molar-refractivity contribution in [3.63, 3.8) is 0 Å². The van der Waals surface area contributed by atoms with Crippen LogP contribution in [0.2, 0.25) is 0 Å². The first-order chi connectivity index (χ1) is 11.1. The highest BCUT2D eigenvalue weighted by Gasteiger charge is 2.16. The van der Waals surface area contributed by atoms with E-state index in [4.69, 9.17) is 9.47 Å². The lowest BCUT2D eigenvalue weighted by Crippen LogP contribution is -2.30. The maximum atomic E-state index is 12.3. The first-order valence-electron chi connectivity index (χ1n) is 7.47. The van der Waals surface area contributed by atoms with E-state index in [-0.39, 0.29) is 5.91 Å². The molecular weight excluding hydrogens is 290 g/mol. The molecule has 0 saturated heterocycles. The maximum Gasteiger partial charge on any atom is 0.265 e. The van der Waals surface area contributed by atoms with Gasteiger partial charge in [-0.15, -0.1) is 0 Å². The summed E-state index contributed by atoms with van der Waals surface area (Å²) in [5, 5.41) is 2.83. The van der Waals surface area contributed by atoms with Crippen molar-refractivity contribution < 1.29 is 14.3 Å². The minimum absolute atomic E-state index is 0.235. The zero-order valence-corrected chi connectivity index (χ0v) is 13.4. The summed E-state index contributed by atoms with van der Waals surface area (Å²) in [6.07, 6.45) is 1.03. The van der Waals surface area contributed by atoms with E-state index in [2.05, 4.69) is 11.9 Å². The van der Waals surface area contributed by atoms with Gasteiger partial charge in [0.15, 0.2) is 6.10 Å². The molecule has 4 nitrogen and oxygen atoms in total. The van der Waals surface area contributed by atoms with Crippen LogP contribution in [0.3, 0.4) is 0 Å². The summed E-state index contributed by atoms with van der Waals surface area (Å²) < 4.78 is 11.2. The van der Waals surface area contributed by atoms with Crippen molar-refractivity contribution in [2.75, 3.05) is 11.9 Å². The summed E-state index contributed by atoms with van der Waals surface area (Å²) in [6, 6.07) is 14.9. The number of ether oxygens (including phenoxy) is 2. The molecule has 0 aromatic heterocycles. The molecule has 2 rings (SSSR count). The molecular formula is C19H21NO3. The van der Waals surface area contributed by atoms with E-state index in [1.54, 1.807) is 25.1 Å². The van der Waals surface area contributed by atoms with Gasteiger partial charge in [0.1, 0.15) is 18.1 Å². The number of hydrogen-bond donors (Lipinski definition) is 1. The molecule has 1 N–H and O–H groups in total. The Labute approximate surface area is 136 Å². The molecule has 0 aliphatic heterocycles. The van der Waals surface area contributed by atoms with Crippen molar-refractivity contribution in [1.29, 1.82) is 0 Å². The van der Waals surface area contributed by atoms with Crippen molar-refractivity contribution in [3.8, 4) is 11.5 Å². The van der Waals surface area contributed by atoms with E-state index in [0.29, 0.717) is 23.8 Å². The van der Waals surface area contributed by atoms with Gasteiger partial charge in [0.2, 0.25) is 0 Å². The predicted octanol–water partition coefficient (Wildman–Crippen LogP) is 3.97. The van der Waals surface area contributed by atoms with Crippen LogP contribution in [0.25, 0.3) is 0 Å². The average molecular weight is 311 g/mol. The normalized spacial score (nSPS) is 11.4. The molecule has 1 atom stereocenters. The molecule has 0 aliphatic carbocycles. The van der Waals surface area contributed by atoms with Crippen molar-refractivity contribution in [3.05, 3.63) is 66.7 Å². The van der Waals surface area contributed by atoms with E-state index < -0.39 is 6.10 Å². The number of rotatable bonds is 7. The number of hydrogen-bond acceptors (Lipinski definition) is 3. The third-order valence-electron chi connectivity index (χ3n) is 3.17. The molecule has 4 heteroatoms. The van der Waals surface area contributed by atoms with Crippen LogP contribution in [-0.4, -0.2) is 18.6 Å². The lowest BCUT2D eigenvalue weighted by Gasteiger charge is -2.16. The third kappa shape index (κ3) is 4.88. The van der Waals surface area contributed by atoms with Gasteiger partial charge in [0.05, 0.1) is 5.69 Å². The lowest BCUT2D eigenvalue weighted by molar-refractivity contribution is -0.122. The second kappa shape index (κ2) is 8.03. The van der Waals surface area contributed by atoms with Gasteiger partial charge in [-0.05, 0) is 43.7 Å². The fraction of sp³-hybridized carbons (Fsp3) is 0.211. The Morgan fingerprint density at radius 2 is 2.04 bits per heavy atom. The van der Waals surface area contributed by atoms with Gasteiger partial charge < -0.3 is 14.8 Å². The van der Waals surface area contributed by atoms with Crippen molar-refractivity contribution in [2.24, 2.45) is 0 Å². The smallest absolute Gasteiger partial charge is 0.265 e. The van der Waals surface area contributed by atoms with E-state index in [1.165, 1.54) is 0 Å². The van der Waals surface area contributed by atoms with Gasteiger partial charge in [-0.1, -0.05) is 36.9 Å². The Morgan fingerprint density at radius 1 is 1.26 bits per heavy atom. The van der Waals surface area contributed by atoms with E-state index >= 15 is 0 Å². The van der Waals surface area contributed by atoms with Crippen molar-refractivity contribution >= 4 is 11.6 Å². The number of benzene rings is 2. The topological polar surface area (TPSA) is 47.6 Å². The second-order valence-corrected chi connectivity index (χ2v) is 5.16. The zero-order chi connectivity index (χ0) is 16.7. The zero-order valence-electron chi connectivity index (χ0n) is 13.4. The Kier molecular flexibility index (Phi) is 5.80. The Hall–Kier alpha value is -2.75. The molecule has 0 fully saturated rings. The molecule has 120 valence electrons. The molecule has 0 spiro atoms. The number of anilines is 1. The monoisotopic (exact) mass is 311 g/mol. The lowest BCUT2D eigenvalue weighted by atomic mass is 10.2. The van der Waals surface area contributed by atoms with Gasteiger partial charge in [0.25, 0.3) is 5.91 Å². The van der Waals surface area contributed by atoms with Crippen LogP contribution < -0.4 is 14.8 Å². The molecule has 23 heavy (non-hydrogen) atoms. The number of carbonyl (C=O) groups excluding carboxylic acids is 1. The molecule has 0 heterocycles. The average Bonchev–Trinajstić information content (AvgIpc) is 2.54. The van der Waals surface area contributed by atoms with Gasteiger partial charge in [0, 0.05) is 0 Å². The van der Waals surface area contributed by atoms with Crippen LogP contribution in [0.5, 0.6) is 11.5 Å². The Bertz CT molecular complexity index is 682. The maximum absolute atomic E-state index is 12.3. The van der Waals surface area contributed by atoms with Crippen LogP contribution >= 0.6 is 0 Å². The summed E-state index contributed by atoms with van der Waals surface area (Å²) in [5.41, 5.74) is 1.69. The minimum atomic E-state index is -0.621. The highest BCUT2D eigenvalue weighted by atomic mass is 16.5. The Morgan fingerprint density at radius 3 is 2.78 bits per heavy atom. The number of para-hydroxylation sites is 2. The minimum Gasteiger partial charge on any atom is -0.487 e. The molecule has 1 amide bonds. The van der Waals surface area contributed by atoms with E-state index in [1.807, 2.05) is 43.3 Å². The summed E-state index contributed by atoms with van der Waals surface area (Å²) in [7, 11) is 0. The van der Waals surface area contributed by atoms with Crippen LogP contribution in [0, 0.1) is 6.92 Å². The quantitative estimate of drug-likeness (QED) is 0.787. The Balaban J connectivity index is 2.02. The standard InChI is InChI=1S/C19H21NO3/c1-4-12-22-18-11-6-5-10-17(18)20-19(21)15(3)23-16-9-7-8-14(2)13-16/h4-11,13,15H,1,12H2,2-3H3,(H,20,21). The van der Waals surface area contributed by atoms with E-state index in [0.717, 1.165) is 5.56 Å². The molecule has 0 bridgehead atoms. The van der Waals surface area contributed by atoms with Gasteiger partial charge >= 0.3 is 0 Å². The number of amides is 1. The number of carbonyl (C=O) groups is 1. The van der Waals surface area contributed by atoms with Crippen LogP contribution in [0.4, 0.5) is 5.69 Å². The third-order valence-corrected chi connectivity index (χ3v) is 3.17. The van der Waals surface area contributed by atoms with Gasteiger partial charge in [-0.3, -0.25) is 4.79 Å². The first-order valence-corrected chi connectivity index (χ1v) is 7.47. The summed E-state index contributed by atoms with van der Waals surface area (Å²) in [6.45, 7) is 7.68. The number of aryl methyl sites for hydroxylation is 1. The summed E-state index contributed by atoms with van der Waals surface area (Å²) in [4.78, 5) is 12.3.